The van der Waals surface area contributed by atoms with Crippen molar-refractivity contribution < 1.29 is 14.6 Å². The third-order valence-corrected chi connectivity index (χ3v) is 10.7. The van der Waals surface area contributed by atoms with Gasteiger partial charge < -0.3 is 20.9 Å². The molecule has 3 heterocycles. The fourth-order valence-corrected chi connectivity index (χ4v) is 8.17. The van der Waals surface area contributed by atoms with Crippen LogP contribution in [-0.2, 0) is 16.6 Å². The molecule has 1 spiro atoms. The molecule has 7 nitrogen and oxygen atoms in total. The minimum atomic E-state index is -0.527. The summed E-state index contributed by atoms with van der Waals surface area (Å²) in [6, 6.07) is 9.44. The third-order valence-electron chi connectivity index (χ3n) is 10.7. The molecule has 4 N–H and O–H groups in total. The van der Waals surface area contributed by atoms with Gasteiger partial charge in [-0.05, 0) is 99.9 Å². The number of nitrogens with one attached hydrogen (secondary N) is 1. The van der Waals surface area contributed by atoms with Crippen LogP contribution in [-0.4, -0.2) is 64.4 Å². The highest BCUT2D eigenvalue weighted by Crippen LogP contribution is 2.48. The highest BCUT2D eigenvalue weighted by atomic mass is 16.5. The van der Waals surface area contributed by atoms with Crippen molar-refractivity contribution in [3.63, 3.8) is 0 Å². The lowest BCUT2D eigenvalue weighted by Gasteiger charge is -2.51. The second-order valence-corrected chi connectivity index (χ2v) is 12.8. The molecule has 1 unspecified atom stereocenters. The van der Waals surface area contributed by atoms with Crippen molar-refractivity contribution in [2.24, 2.45) is 0 Å². The summed E-state index contributed by atoms with van der Waals surface area (Å²) in [6.07, 6.45) is 12.4. The molecule has 4 aliphatic carbocycles. The lowest BCUT2D eigenvalue weighted by atomic mass is 9.63. The normalized spacial score (nSPS) is 33.1. The zero-order chi connectivity index (χ0) is 26.0. The van der Waals surface area contributed by atoms with E-state index in [9.17, 15) is 9.90 Å². The molecular formula is C31H40N4O3. The summed E-state index contributed by atoms with van der Waals surface area (Å²) in [7, 11) is 0. The number of benzene rings is 1. The van der Waals surface area contributed by atoms with Gasteiger partial charge in [0.2, 0.25) is 0 Å². The van der Waals surface area contributed by atoms with Crippen LogP contribution in [0.1, 0.15) is 85.7 Å². The first-order chi connectivity index (χ1) is 18.4. The van der Waals surface area contributed by atoms with Crippen LogP contribution in [0.2, 0.25) is 0 Å². The van der Waals surface area contributed by atoms with Gasteiger partial charge in [-0.1, -0.05) is 18.2 Å². The van der Waals surface area contributed by atoms with E-state index in [4.69, 9.17) is 10.5 Å². The van der Waals surface area contributed by atoms with E-state index in [1.54, 1.807) is 6.20 Å². The number of nitrogens with zero attached hydrogens (tertiary/aromatic N) is 2. The van der Waals surface area contributed by atoms with Gasteiger partial charge in [0, 0.05) is 48.5 Å². The molecule has 8 rings (SSSR count). The van der Waals surface area contributed by atoms with Crippen LogP contribution in [0.15, 0.2) is 30.5 Å². The third kappa shape index (κ3) is 4.14. The number of fused-ring (bicyclic) bond motifs is 5. The Bertz CT molecular complexity index is 1230. The van der Waals surface area contributed by atoms with Gasteiger partial charge in [0.25, 0.3) is 5.91 Å². The number of amides is 1. The van der Waals surface area contributed by atoms with Crippen molar-refractivity contribution in [1.82, 2.24) is 15.2 Å². The Hall–Kier alpha value is -2.48. The predicted octanol–water partition coefficient (Wildman–Crippen LogP) is 3.97. The topological polar surface area (TPSA) is 101 Å². The number of aliphatic hydroxyl groups is 1. The van der Waals surface area contributed by atoms with Crippen LogP contribution in [0.4, 0.5) is 5.82 Å². The molecule has 1 amide bonds. The van der Waals surface area contributed by atoms with E-state index in [1.165, 1.54) is 30.5 Å². The number of likely N-dealkylation sites (tertiary alicyclic amines) is 1. The maximum atomic E-state index is 13.4. The Labute approximate surface area is 225 Å². The van der Waals surface area contributed by atoms with E-state index in [0.717, 1.165) is 88.7 Å². The molecule has 38 heavy (non-hydrogen) atoms. The maximum Gasteiger partial charge on any atom is 0.255 e. The minimum absolute atomic E-state index is 0.150. The van der Waals surface area contributed by atoms with Gasteiger partial charge in [0.15, 0.2) is 0 Å². The molecule has 2 bridgehead atoms. The number of anilines is 1. The highest BCUT2D eigenvalue weighted by molar-refractivity contribution is 6.00. The van der Waals surface area contributed by atoms with Gasteiger partial charge in [-0.2, -0.15) is 0 Å². The Kier molecular flexibility index (Phi) is 5.84. The molecule has 202 valence electrons. The average Bonchev–Trinajstić information content (AvgIpc) is 3.54. The van der Waals surface area contributed by atoms with E-state index >= 15 is 0 Å². The fraction of sp³-hybridized carbons (Fsp3) is 0.613. The molecular weight excluding hydrogens is 476 g/mol. The largest absolute Gasteiger partial charge is 0.390 e. The number of rotatable bonds is 4. The minimum Gasteiger partial charge on any atom is -0.390 e. The Morgan fingerprint density at radius 1 is 1.03 bits per heavy atom. The molecule has 1 aromatic carbocycles. The number of carbonyl (C=O) groups is 1. The molecule has 1 aromatic heterocycles. The summed E-state index contributed by atoms with van der Waals surface area (Å²) in [4.78, 5) is 20.5. The molecule has 1 atom stereocenters. The second-order valence-electron chi connectivity index (χ2n) is 12.8. The summed E-state index contributed by atoms with van der Waals surface area (Å²) in [6.45, 7) is 4.14. The summed E-state index contributed by atoms with van der Waals surface area (Å²) in [5.74, 6) is 0.119. The van der Waals surface area contributed by atoms with Crippen molar-refractivity contribution in [1.29, 1.82) is 0 Å². The second kappa shape index (κ2) is 9.04. The van der Waals surface area contributed by atoms with Gasteiger partial charge in [0.05, 0.1) is 11.2 Å². The van der Waals surface area contributed by atoms with Gasteiger partial charge in [0.1, 0.15) is 5.82 Å². The van der Waals surface area contributed by atoms with Crippen molar-refractivity contribution in [3.8, 4) is 11.1 Å². The number of nitrogen functional groups attached to an aromatic ring is 1. The standard InChI is InChI=1S/C31H40N4O3/c32-27-25(28(36)34-30-7-10-31(37,11-8-30)12-9-30)18-23(19-33-27)21-1-2-26-22(17-21)3-6-29(26)13-14-35(20-29)24-4-15-38-16-5-24/h1-2,17-19,24,37H,3-16,20H2,(H2,32,33)(H,34,36). The number of ether oxygens (including phenoxy) is 1. The zero-order valence-corrected chi connectivity index (χ0v) is 22.3. The lowest BCUT2D eigenvalue weighted by Crippen LogP contribution is -2.58. The highest BCUT2D eigenvalue weighted by Gasteiger charge is 2.49. The molecule has 5 fully saturated rings. The summed E-state index contributed by atoms with van der Waals surface area (Å²) < 4.78 is 5.60. The van der Waals surface area contributed by atoms with Crippen molar-refractivity contribution >= 4 is 11.7 Å². The van der Waals surface area contributed by atoms with Gasteiger partial charge >= 0.3 is 0 Å². The van der Waals surface area contributed by atoms with Gasteiger partial charge in [-0.3, -0.25) is 9.69 Å². The number of aromatic nitrogens is 1. The molecule has 2 aliphatic heterocycles. The monoisotopic (exact) mass is 516 g/mol. The van der Waals surface area contributed by atoms with Crippen LogP contribution in [0, 0.1) is 0 Å². The number of pyridine rings is 1. The molecule has 3 saturated carbocycles. The summed E-state index contributed by atoms with van der Waals surface area (Å²) >= 11 is 0. The number of hydrogen-bond donors (Lipinski definition) is 3. The van der Waals surface area contributed by atoms with Crippen LogP contribution in [0.25, 0.3) is 11.1 Å². The van der Waals surface area contributed by atoms with E-state index < -0.39 is 5.60 Å². The first kappa shape index (κ1) is 24.6. The quantitative estimate of drug-likeness (QED) is 0.569. The molecule has 7 heteroatoms. The first-order valence-electron chi connectivity index (χ1n) is 14.6. The summed E-state index contributed by atoms with van der Waals surface area (Å²) in [5.41, 5.74) is 11.2. The molecule has 2 aromatic rings. The number of hydrogen-bond acceptors (Lipinski definition) is 6. The Morgan fingerprint density at radius 2 is 1.79 bits per heavy atom. The lowest BCUT2D eigenvalue weighted by molar-refractivity contribution is -0.0702. The average molecular weight is 517 g/mol. The molecule has 0 radical (unpaired) electrons. The van der Waals surface area contributed by atoms with E-state index in [-0.39, 0.29) is 22.7 Å². The number of nitrogens with two attached hydrogens (primary N) is 1. The smallest absolute Gasteiger partial charge is 0.255 e. The SMILES string of the molecule is Nc1ncc(-c2ccc3c(c2)CCC32CCN(C3CCOCC3)C2)cc1C(=O)NC12CCC(O)(CC1)CC2. The van der Waals surface area contributed by atoms with Crippen molar-refractivity contribution in [2.45, 2.75) is 93.2 Å². The Morgan fingerprint density at radius 3 is 2.55 bits per heavy atom. The zero-order valence-electron chi connectivity index (χ0n) is 22.3. The Balaban J connectivity index is 1.10. The van der Waals surface area contributed by atoms with E-state index in [0.29, 0.717) is 11.6 Å². The fourth-order valence-electron chi connectivity index (χ4n) is 8.17. The molecule has 6 aliphatic rings. The van der Waals surface area contributed by atoms with Crippen LogP contribution in [0.3, 0.4) is 0 Å². The van der Waals surface area contributed by atoms with Crippen molar-refractivity contribution in [2.75, 3.05) is 32.0 Å². The summed E-state index contributed by atoms with van der Waals surface area (Å²) in [5, 5.41) is 13.8. The first-order valence-corrected chi connectivity index (χ1v) is 14.6. The molecule has 2 saturated heterocycles. The van der Waals surface area contributed by atoms with E-state index in [1.807, 2.05) is 6.07 Å². The number of carbonyl (C=O) groups excluding carboxylic acids is 1. The van der Waals surface area contributed by atoms with Crippen molar-refractivity contribution in [3.05, 3.63) is 47.2 Å². The van der Waals surface area contributed by atoms with Crippen LogP contribution < -0.4 is 11.1 Å². The number of aryl methyl sites for hydroxylation is 1. The van der Waals surface area contributed by atoms with Crippen LogP contribution >= 0.6 is 0 Å². The van der Waals surface area contributed by atoms with Crippen LogP contribution in [0.5, 0.6) is 0 Å². The van der Waals surface area contributed by atoms with Gasteiger partial charge in [-0.15, -0.1) is 0 Å². The van der Waals surface area contributed by atoms with Gasteiger partial charge in [-0.25, -0.2) is 4.98 Å². The van der Waals surface area contributed by atoms with E-state index in [2.05, 4.69) is 33.4 Å². The maximum absolute atomic E-state index is 13.4. The predicted molar refractivity (Wildman–Crippen MR) is 147 cm³/mol.